The Labute approximate surface area is 93.0 Å². The van der Waals surface area contributed by atoms with Crippen molar-refractivity contribution in [2.24, 2.45) is 5.92 Å². The molecule has 0 amide bonds. The molecular weight excluding hydrogens is 248 g/mol. The van der Waals surface area contributed by atoms with Crippen LogP contribution >= 0.6 is 16.3 Å². The van der Waals surface area contributed by atoms with Crippen molar-refractivity contribution in [3.8, 4) is 0 Å². The molecule has 0 aromatic rings. The predicted molar refractivity (Wildman–Crippen MR) is 57.9 cm³/mol. The molecule has 80 valence electrons. The highest BCUT2D eigenvalue weighted by Gasteiger charge is 2.18. The zero-order valence-electron chi connectivity index (χ0n) is 8.89. The summed E-state index contributed by atoms with van der Waals surface area (Å²) in [5.41, 5.74) is 0.924. The smallest absolute Gasteiger partial charge is 0.345 e. The first-order valence-electron chi connectivity index (χ1n) is 4.52. The summed E-state index contributed by atoms with van der Waals surface area (Å²) in [5, 5.41) is 0. The molecule has 14 heavy (non-hydrogen) atoms. The molecular formula is C10H15BrO3. The molecule has 0 aromatic carbocycles. The fourth-order valence-electron chi connectivity index (χ4n) is 1.15. The van der Waals surface area contributed by atoms with E-state index in [1.54, 1.807) is 6.92 Å². The molecule has 0 unspecified atom stereocenters. The SMILES string of the molecule is CCC(C(=O)C(C)C)=C(C)C(=O)OBr. The lowest BCUT2D eigenvalue weighted by Crippen LogP contribution is -2.14. The Balaban J connectivity index is 5.03. The molecule has 0 radical (unpaired) electrons. The predicted octanol–water partition coefficient (Wildman–Crippen LogP) is 2.79. The molecule has 0 bridgehead atoms. The molecule has 0 spiro atoms. The van der Waals surface area contributed by atoms with Crippen molar-refractivity contribution in [2.45, 2.75) is 34.1 Å². The van der Waals surface area contributed by atoms with Gasteiger partial charge < -0.3 is 3.83 Å². The number of hydrogen-bond acceptors (Lipinski definition) is 3. The van der Waals surface area contributed by atoms with Gasteiger partial charge in [0, 0.05) is 17.1 Å². The number of halogens is 1. The summed E-state index contributed by atoms with van der Waals surface area (Å²) in [4.78, 5) is 22.8. The number of hydrogen-bond donors (Lipinski definition) is 0. The van der Waals surface area contributed by atoms with Gasteiger partial charge in [-0.25, -0.2) is 4.79 Å². The van der Waals surface area contributed by atoms with E-state index in [-0.39, 0.29) is 11.7 Å². The standard InChI is InChI=1S/C10H15BrO3/c1-5-8(9(12)6(2)3)7(4)10(13)14-11/h6H,5H2,1-4H3. The summed E-state index contributed by atoms with van der Waals surface area (Å²) in [6.07, 6.45) is 0.547. The number of carbonyl (C=O) groups is 2. The van der Waals surface area contributed by atoms with E-state index in [2.05, 4.69) is 20.1 Å². The number of carbonyl (C=O) groups excluding carboxylic acids is 2. The second-order valence-electron chi connectivity index (χ2n) is 3.34. The molecule has 0 aliphatic heterocycles. The third-order valence-corrected chi connectivity index (χ3v) is 2.30. The minimum absolute atomic E-state index is 0.00269. The molecule has 4 heteroatoms. The Morgan fingerprint density at radius 1 is 1.36 bits per heavy atom. The van der Waals surface area contributed by atoms with E-state index in [9.17, 15) is 9.59 Å². The molecule has 0 rings (SSSR count). The van der Waals surface area contributed by atoms with Crippen molar-refractivity contribution in [3.63, 3.8) is 0 Å². The van der Waals surface area contributed by atoms with E-state index >= 15 is 0 Å². The van der Waals surface area contributed by atoms with Crippen LogP contribution in [0, 0.1) is 5.92 Å². The zero-order valence-corrected chi connectivity index (χ0v) is 10.5. The largest absolute Gasteiger partial charge is 0.380 e. The van der Waals surface area contributed by atoms with Gasteiger partial charge in [0.25, 0.3) is 0 Å². The molecule has 0 saturated carbocycles. The van der Waals surface area contributed by atoms with Gasteiger partial charge in [-0.15, -0.1) is 0 Å². The maximum Gasteiger partial charge on any atom is 0.345 e. The topological polar surface area (TPSA) is 43.4 Å². The van der Waals surface area contributed by atoms with Crippen LogP contribution in [0.15, 0.2) is 11.1 Å². The van der Waals surface area contributed by atoms with Crippen LogP contribution in [-0.2, 0) is 13.4 Å². The van der Waals surface area contributed by atoms with Crippen molar-refractivity contribution in [2.75, 3.05) is 0 Å². The van der Waals surface area contributed by atoms with Gasteiger partial charge in [0.2, 0.25) is 0 Å². The second kappa shape index (κ2) is 5.96. The lowest BCUT2D eigenvalue weighted by Gasteiger charge is -2.09. The van der Waals surface area contributed by atoms with Gasteiger partial charge in [-0.1, -0.05) is 20.8 Å². The third kappa shape index (κ3) is 3.25. The van der Waals surface area contributed by atoms with E-state index < -0.39 is 5.97 Å². The molecule has 3 nitrogen and oxygen atoms in total. The fraction of sp³-hybridized carbons (Fsp3) is 0.600. The van der Waals surface area contributed by atoms with E-state index in [1.807, 2.05) is 20.8 Å². The van der Waals surface area contributed by atoms with Gasteiger partial charge in [-0.05, 0) is 13.3 Å². The monoisotopic (exact) mass is 262 g/mol. The van der Waals surface area contributed by atoms with Crippen LogP contribution in [0.25, 0.3) is 0 Å². The number of allylic oxidation sites excluding steroid dienone is 1. The van der Waals surface area contributed by atoms with Gasteiger partial charge in [0.05, 0.1) is 0 Å². The van der Waals surface area contributed by atoms with Crippen molar-refractivity contribution in [1.29, 1.82) is 0 Å². The number of rotatable bonds is 4. The van der Waals surface area contributed by atoms with E-state index in [0.29, 0.717) is 17.6 Å². The highest BCUT2D eigenvalue weighted by Crippen LogP contribution is 2.16. The van der Waals surface area contributed by atoms with Crippen LogP contribution in [0.3, 0.4) is 0 Å². The minimum Gasteiger partial charge on any atom is -0.380 e. The summed E-state index contributed by atoms with van der Waals surface area (Å²) >= 11 is 2.60. The van der Waals surface area contributed by atoms with E-state index in [4.69, 9.17) is 0 Å². The van der Waals surface area contributed by atoms with Gasteiger partial charge in [0.15, 0.2) is 22.0 Å². The molecule has 0 heterocycles. The van der Waals surface area contributed by atoms with Crippen LogP contribution in [0.5, 0.6) is 0 Å². The van der Waals surface area contributed by atoms with E-state index in [1.165, 1.54) is 0 Å². The van der Waals surface area contributed by atoms with Crippen LogP contribution in [0.1, 0.15) is 34.1 Å². The molecule has 0 aliphatic rings. The number of ketones is 1. The van der Waals surface area contributed by atoms with Crippen LogP contribution in [-0.4, -0.2) is 11.8 Å². The molecule has 0 aliphatic carbocycles. The van der Waals surface area contributed by atoms with Gasteiger partial charge in [-0.2, -0.15) is 0 Å². The molecule has 0 aromatic heterocycles. The Hall–Kier alpha value is -0.640. The lowest BCUT2D eigenvalue weighted by atomic mass is 9.95. The summed E-state index contributed by atoms with van der Waals surface area (Å²) in [5.74, 6) is -0.596. The van der Waals surface area contributed by atoms with Crippen LogP contribution < -0.4 is 0 Å². The average molecular weight is 263 g/mol. The first kappa shape index (κ1) is 13.4. The summed E-state index contributed by atoms with van der Waals surface area (Å²) in [6, 6.07) is 0. The van der Waals surface area contributed by atoms with E-state index in [0.717, 1.165) is 0 Å². The van der Waals surface area contributed by atoms with Gasteiger partial charge >= 0.3 is 5.97 Å². The Morgan fingerprint density at radius 3 is 2.14 bits per heavy atom. The Kier molecular flexibility index (Phi) is 5.69. The summed E-state index contributed by atoms with van der Waals surface area (Å²) in [6.45, 7) is 7.07. The Bertz CT molecular complexity index is 267. The quantitative estimate of drug-likeness (QED) is 0.732. The molecule has 0 N–H and O–H groups in total. The third-order valence-electron chi connectivity index (χ3n) is 2.00. The maximum absolute atomic E-state index is 11.7. The highest BCUT2D eigenvalue weighted by atomic mass is 79.9. The van der Waals surface area contributed by atoms with Crippen molar-refractivity contribution < 1.29 is 13.4 Å². The average Bonchev–Trinajstić information content (AvgIpc) is 2.17. The normalized spacial score (nSPS) is 12.4. The Morgan fingerprint density at radius 2 is 1.86 bits per heavy atom. The maximum atomic E-state index is 11.7. The van der Waals surface area contributed by atoms with Crippen molar-refractivity contribution >= 4 is 28.0 Å². The lowest BCUT2D eigenvalue weighted by molar-refractivity contribution is -0.128. The second-order valence-corrected chi connectivity index (χ2v) is 3.66. The van der Waals surface area contributed by atoms with Crippen molar-refractivity contribution in [1.82, 2.24) is 0 Å². The first-order valence-corrected chi connectivity index (χ1v) is 5.17. The fourth-order valence-corrected chi connectivity index (χ4v) is 1.40. The van der Waals surface area contributed by atoms with Gasteiger partial charge in [0.1, 0.15) is 0 Å². The summed E-state index contributed by atoms with van der Waals surface area (Å²) < 4.78 is 4.39. The highest BCUT2D eigenvalue weighted by molar-refractivity contribution is 9.06. The zero-order chi connectivity index (χ0) is 11.3. The number of Topliss-reactive ketones (excluding diaryl/α,β-unsaturated/α-hetero) is 1. The van der Waals surface area contributed by atoms with Crippen molar-refractivity contribution in [3.05, 3.63) is 11.1 Å². The first-order chi connectivity index (χ1) is 6.45. The summed E-state index contributed by atoms with van der Waals surface area (Å²) in [7, 11) is 0. The molecule has 0 saturated heterocycles. The van der Waals surface area contributed by atoms with Crippen LogP contribution in [0.4, 0.5) is 0 Å². The minimum atomic E-state index is -0.504. The molecule has 0 atom stereocenters. The molecule has 0 fully saturated rings. The van der Waals surface area contributed by atoms with Gasteiger partial charge in [-0.3, -0.25) is 4.79 Å². The van der Waals surface area contributed by atoms with Crippen LogP contribution in [0.2, 0.25) is 0 Å².